The highest BCUT2D eigenvalue weighted by molar-refractivity contribution is 7.89. The van der Waals surface area contributed by atoms with E-state index in [2.05, 4.69) is 4.72 Å². The maximum absolute atomic E-state index is 12.7. The van der Waals surface area contributed by atoms with Gasteiger partial charge in [0.25, 0.3) is 5.91 Å². The third-order valence-corrected chi connectivity index (χ3v) is 5.67. The molecule has 2 aromatic carbocycles. The summed E-state index contributed by atoms with van der Waals surface area (Å²) in [5.74, 6) is 0.716. The van der Waals surface area contributed by atoms with E-state index in [1.54, 1.807) is 37.4 Å². The van der Waals surface area contributed by atoms with Crippen LogP contribution in [0.15, 0.2) is 47.4 Å². The molecule has 1 amide bonds. The molecule has 0 fully saturated rings. The fourth-order valence-electron chi connectivity index (χ4n) is 2.76. The summed E-state index contributed by atoms with van der Waals surface area (Å²) in [5.41, 5.74) is 0.635. The summed E-state index contributed by atoms with van der Waals surface area (Å²) in [4.78, 5) is 13.9. The molecule has 2 aromatic rings. The Kier molecular flexibility index (Phi) is 5.24. The number of carbonyl (C=O) groups excluding carboxylic acids is 1. The molecule has 0 aliphatic carbocycles. The lowest BCUT2D eigenvalue weighted by Gasteiger charge is -2.31. The highest BCUT2D eigenvalue weighted by Crippen LogP contribution is 2.33. The van der Waals surface area contributed by atoms with Crippen molar-refractivity contribution in [1.82, 2.24) is 4.72 Å². The molecule has 8 nitrogen and oxygen atoms in total. The number of hydrogen-bond acceptors (Lipinski definition) is 6. The van der Waals surface area contributed by atoms with Gasteiger partial charge in [0, 0.05) is 13.1 Å². The van der Waals surface area contributed by atoms with E-state index in [1.807, 2.05) is 0 Å². The minimum Gasteiger partial charge on any atom is -0.497 e. The number of hydrogen-bond donors (Lipinski definition) is 1. The zero-order valence-corrected chi connectivity index (χ0v) is 15.9. The first kappa shape index (κ1) is 19.0. The fourth-order valence-corrected chi connectivity index (χ4v) is 3.97. The van der Waals surface area contributed by atoms with Crippen LogP contribution < -0.4 is 23.8 Å². The Labute approximate surface area is 157 Å². The highest BCUT2D eigenvalue weighted by Gasteiger charge is 2.33. The molecule has 0 saturated heterocycles. The number of carbonyl (C=O) groups is 1. The van der Waals surface area contributed by atoms with Gasteiger partial charge in [-0.3, -0.25) is 4.79 Å². The molecule has 1 aliphatic rings. The van der Waals surface area contributed by atoms with Crippen molar-refractivity contribution in [1.29, 1.82) is 0 Å². The second-order valence-corrected chi connectivity index (χ2v) is 7.58. The summed E-state index contributed by atoms with van der Waals surface area (Å²) in [7, 11) is 0.476. The van der Waals surface area contributed by atoms with Gasteiger partial charge >= 0.3 is 0 Å². The number of benzene rings is 2. The predicted octanol–water partition coefficient (Wildman–Crippen LogP) is 1.41. The second kappa shape index (κ2) is 7.45. The number of ether oxygens (including phenoxy) is 3. The Hall–Kier alpha value is -2.78. The van der Waals surface area contributed by atoms with E-state index in [1.165, 1.54) is 31.3 Å². The van der Waals surface area contributed by atoms with E-state index in [0.717, 1.165) is 0 Å². The van der Waals surface area contributed by atoms with Gasteiger partial charge in [-0.05, 0) is 24.3 Å². The zero-order valence-electron chi connectivity index (χ0n) is 15.1. The monoisotopic (exact) mass is 392 g/mol. The molecule has 0 radical (unpaired) electrons. The highest BCUT2D eigenvalue weighted by atomic mass is 32.2. The minimum atomic E-state index is -3.96. The SMILES string of the molecule is COc1ccc(OC)c(S(=O)(=O)NCC2Oc3ccccc3N(C)C2=O)c1. The van der Waals surface area contributed by atoms with Crippen LogP contribution in [-0.4, -0.2) is 48.2 Å². The number of nitrogens with one attached hydrogen (secondary N) is 1. The smallest absolute Gasteiger partial charge is 0.269 e. The van der Waals surface area contributed by atoms with E-state index in [9.17, 15) is 13.2 Å². The van der Waals surface area contributed by atoms with Crippen LogP contribution in [-0.2, 0) is 14.8 Å². The normalized spacial score (nSPS) is 16.5. The molecule has 0 aromatic heterocycles. The Balaban J connectivity index is 1.81. The number of rotatable bonds is 6. The topological polar surface area (TPSA) is 94.2 Å². The summed E-state index contributed by atoms with van der Waals surface area (Å²) in [6.07, 6.45) is -0.976. The number of amides is 1. The van der Waals surface area contributed by atoms with E-state index in [0.29, 0.717) is 17.2 Å². The lowest BCUT2D eigenvalue weighted by Crippen LogP contribution is -2.49. The zero-order chi connectivity index (χ0) is 19.6. The molecular weight excluding hydrogens is 372 g/mol. The van der Waals surface area contributed by atoms with E-state index in [-0.39, 0.29) is 23.1 Å². The summed E-state index contributed by atoms with van der Waals surface area (Å²) in [5, 5.41) is 0. The van der Waals surface area contributed by atoms with Crippen LogP contribution in [0.25, 0.3) is 0 Å². The number of anilines is 1. The van der Waals surface area contributed by atoms with E-state index < -0.39 is 16.1 Å². The van der Waals surface area contributed by atoms with Crippen molar-refractivity contribution in [2.24, 2.45) is 0 Å². The molecule has 1 aliphatic heterocycles. The van der Waals surface area contributed by atoms with Crippen LogP contribution in [0.1, 0.15) is 0 Å². The second-order valence-electron chi connectivity index (χ2n) is 5.84. The van der Waals surface area contributed by atoms with Gasteiger partial charge < -0.3 is 19.1 Å². The van der Waals surface area contributed by atoms with Crippen LogP contribution in [0.2, 0.25) is 0 Å². The predicted molar refractivity (Wildman–Crippen MR) is 99.0 cm³/mol. The molecule has 0 bridgehead atoms. The van der Waals surface area contributed by atoms with Gasteiger partial charge in [0.15, 0.2) is 6.10 Å². The molecule has 1 N–H and O–H groups in total. The quantitative estimate of drug-likeness (QED) is 0.799. The largest absolute Gasteiger partial charge is 0.497 e. The molecule has 1 atom stereocenters. The first-order valence-corrected chi connectivity index (χ1v) is 9.60. The average molecular weight is 392 g/mol. The maximum atomic E-state index is 12.7. The maximum Gasteiger partial charge on any atom is 0.269 e. The molecule has 0 spiro atoms. The van der Waals surface area contributed by atoms with Crippen molar-refractivity contribution in [2.75, 3.05) is 32.7 Å². The van der Waals surface area contributed by atoms with Crippen LogP contribution in [0, 0.1) is 0 Å². The fraction of sp³-hybridized carbons (Fsp3) is 0.278. The summed E-state index contributed by atoms with van der Waals surface area (Å²) < 4.78 is 43.8. The number of para-hydroxylation sites is 2. The van der Waals surface area contributed by atoms with Gasteiger partial charge in [0.2, 0.25) is 10.0 Å². The molecule has 1 unspecified atom stereocenters. The van der Waals surface area contributed by atoms with Gasteiger partial charge in [0.1, 0.15) is 22.1 Å². The molecule has 0 saturated carbocycles. The summed E-state index contributed by atoms with van der Waals surface area (Å²) >= 11 is 0. The molecule has 144 valence electrons. The van der Waals surface area contributed by atoms with E-state index >= 15 is 0 Å². The van der Waals surface area contributed by atoms with Gasteiger partial charge in [-0.15, -0.1) is 0 Å². The van der Waals surface area contributed by atoms with Crippen molar-refractivity contribution >= 4 is 21.6 Å². The number of methoxy groups -OCH3 is 2. The number of likely N-dealkylation sites (N-methyl/N-ethyl adjacent to an activating group) is 1. The van der Waals surface area contributed by atoms with Crippen molar-refractivity contribution in [3.63, 3.8) is 0 Å². The lowest BCUT2D eigenvalue weighted by molar-refractivity contribution is -0.125. The van der Waals surface area contributed by atoms with Crippen molar-refractivity contribution in [3.8, 4) is 17.2 Å². The first-order valence-electron chi connectivity index (χ1n) is 8.12. The summed E-state index contributed by atoms with van der Waals surface area (Å²) in [6.45, 7) is -0.222. The Bertz CT molecular complexity index is 960. The van der Waals surface area contributed by atoms with Gasteiger partial charge in [-0.1, -0.05) is 12.1 Å². The summed E-state index contributed by atoms with van der Waals surface area (Å²) in [6, 6.07) is 11.5. The van der Waals surface area contributed by atoms with E-state index in [4.69, 9.17) is 14.2 Å². The van der Waals surface area contributed by atoms with Crippen molar-refractivity contribution in [3.05, 3.63) is 42.5 Å². The number of nitrogens with zero attached hydrogens (tertiary/aromatic N) is 1. The van der Waals surface area contributed by atoms with Gasteiger partial charge in [0.05, 0.1) is 26.5 Å². The lowest BCUT2D eigenvalue weighted by atomic mass is 10.2. The van der Waals surface area contributed by atoms with Crippen molar-refractivity contribution in [2.45, 2.75) is 11.0 Å². The van der Waals surface area contributed by atoms with Gasteiger partial charge in [-0.2, -0.15) is 0 Å². The van der Waals surface area contributed by atoms with Gasteiger partial charge in [-0.25, -0.2) is 13.1 Å². The Morgan fingerprint density at radius 1 is 1.15 bits per heavy atom. The third kappa shape index (κ3) is 3.69. The average Bonchev–Trinajstić information content (AvgIpc) is 2.69. The molecule has 3 rings (SSSR count). The van der Waals surface area contributed by atoms with Crippen LogP contribution in [0.5, 0.6) is 17.2 Å². The first-order chi connectivity index (χ1) is 12.9. The Morgan fingerprint density at radius 2 is 1.89 bits per heavy atom. The van der Waals surface area contributed by atoms with Crippen LogP contribution >= 0.6 is 0 Å². The molecule has 27 heavy (non-hydrogen) atoms. The van der Waals surface area contributed by atoms with Crippen molar-refractivity contribution < 1.29 is 27.4 Å². The molecule has 9 heteroatoms. The van der Waals surface area contributed by atoms with Crippen LogP contribution in [0.4, 0.5) is 5.69 Å². The molecule has 1 heterocycles. The standard InChI is InChI=1S/C18H20N2O6S/c1-20-13-6-4-5-7-14(13)26-16(18(20)21)11-19-27(22,23)17-10-12(24-2)8-9-15(17)25-3/h4-10,16,19H,11H2,1-3H3. The Morgan fingerprint density at radius 3 is 2.59 bits per heavy atom. The minimum absolute atomic E-state index is 0.0821. The molecular formula is C18H20N2O6S. The third-order valence-electron chi connectivity index (χ3n) is 4.22. The number of sulfonamides is 1. The van der Waals surface area contributed by atoms with Crippen LogP contribution in [0.3, 0.4) is 0 Å². The number of fused-ring (bicyclic) bond motifs is 1.